The number of nitrogens with zero attached hydrogens (tertiary/aromatic N) is 3. The third kappa shape index (κ3) is 4.58. The molecule has 0 aliphatic rings. The van der Waals surface area contributed by atoms with E-state index >= 15 is 0 Å². The van der Waals surface area contributed by atoms with Crippen molar-refractivity contribution in [3.8, 4) is 0 Å². The van der Waals surface area contributed by atoms with E-state index in [4.69, 9.17) is 4.99 Å². The van der Waals surface area contributed by atoms with Crippen molar-refractivity contribution < 1.29 is 0 Å². The number of rotatable bonds is 6. The van der Waals surface area contributed by atoms with Gasteiger partial charge in [0.15, 0.2) is 5.96 Å². The van der Waals surface area contributed by atoms with Gasteiger partial charge in [0, 0.05) is 42.2 Å². The van der Waals surface area contributed by atoms with Crippen molar-refractivity contribution in [1.82, 2.24) is 20.4 Å². The number of thiophene rings is 1. The van der Waals surface area contributed by atoms with Crippen LogP contribution in [0, 0.1) is 13.8 Å². The molecule has 5 nitrogen and oxygen atoms in total. The number of hydrogen-bond donors (Lipinski definition) is 2. The molecule has 0 aliphatic carbocycles. The van der Waals surface area contributed by atoms with Gasteiger partial charge in [-0.15, -0.1) is 11.3 Å². The Hall–Kier alpha value is -1.82. The van der Waals surface area contributed by atoms with E-state index in [1.807, 2.05) is 18.7 Å². The fraction of sp³-hybridized carbons (Fsp3) is 0.529. The number of aromatic nitrogens is 2. The Morgan fingerprint density at radius 2 is 2.17 bits per heavy atom. The Labute approximate surface area is 142 Å². The predicted molar refractivity (Wildman–Crippen MR) is 98.2 cm³/mol. The Morgan fingerprint density at radius 1 is 1.39 bits per heavy atom. The van der Waals surface area contributed by atoms with E-state index in [2.05, 4.69) is 54.0 Å². The maximum atomic E-state index is 4.72. The molecule has 0 fully saturated rings. The zero-order valence-corrected chi connectivity index (χ0v) is 15.5. The third-order valence-corrected chi connectivity index (χ3v) is 5.11. The van der Waals surface area contributed by atoms with E-state index in [9.17, 15) is 0 Å². The monoisotopic (exact) mass is 333 g/mol. The fourth-order valence-corrected chi connectivity index (χ4v) is 3.26. The molecule has 23 heavy (non-hydrogen) atoms. The van der Waals surface area contributed by atoms with E-state index in [0.717, 1.165) is 24.7 Å². The van der Waals surface area contributed by atoms with Crippen molar-refractivity contribution in [2.75, 3.05) is 13.1 Å². The van der Waals surface area contributed by atoms with Crippen LogP contribution in [0.25, 0.3) is 0 Å². The van der Waals surface area contributed by atoms with Crippen LogP contribution in [0.1, 0.15) is 41.6 Å². The van der Waals surface area contributed by atoms with Crippen LogP contribution >= 0.6 is 11.3 Å². The zero-order valence-electron chi connectivity index (χ0n) is 14.7. The number of aryl methyl sites for hydroxylation is 2. The summed E-state index contributed by atoms with van der Waals surface area (Å²) < 4.78 is 1.92. The molecule has 2 rings (SSSR count). The van der Waals surface area contributed by atoms with Gasteiger partial charge in [-0.05, 0) is 32.2 Å². The molecule has 2 aromatic rings. The van der Waals surface area contributed by atoms with Crippen LogP contribution in [0.15, 0.2) is 22.5 Å². The standard InChI is InChI=1S/C17H27N5S/c1-6-18-17(19-10-12(2)16-8-7-9-23-16)20-11-15-13(3)21-22(5)14(15)4/h7-9,12H,6,10-11H2,1-5H3,(H2,18,19,20). The largest absolute Gasteiger partial charge is 0.357 e. The summed E-state index contributed by atoms with van der Waals surface area (Å²) in [5, 5.41) is 13.3. The minimum atomic E-state index is 0.473. The van der Waals surface area contributed by atoms with E-state index in [-0.39, 0.29) is 0 Å². The van der Waals surface area contributed by atoms with Crippen LogP contribution in [0.3, 0.4) is 0 Å². The molecule has 1 atom stereocenters. The molecule has 2 N–H and O–H groups in total. The maximum Gasteiger partial charge on any atom is 0.191 e. The quantitative estimate of drug-likeness (QED) is 0.631. The molecule has 0 saturated heterocycles. The Bertz CT molecular complexity index is 642. The van der Waals surface area contributed by atoms with Crippen LogP contribution in [-0.2, 0) is 13.6 Å². The topological polar surface area (TPSA) is 54.2 Å². The van der Waals surface area contributed by atoms with Crippen LogP contribution in [-0.4, -0.2) is 28.8 Å². The summed E-state index contributed by atoms with van der Waals surface area (Å²) in [6, 6.07) is 4.28. The fourth-order valence-electron chi connectivity index (χ4n) is 2.47. The number of hydrogen-bond acceptors (Lipinski definition) is 3. The lowest BCUT2D eigenvalue weighted by molar-refractivity contribution is 0.708. The summed E-state index contributed by atoms with van der Waals surface area (Å²) in [5.74, 6) is 1.33. The third-order valence-electron chi connectivity index (χ3n) is 4.00. The van der Waals surface area contributed by atoms with Crippen LogP contribution in [0.5, 0.6) is 0 Å². The van der Waals surface area contributed by atoms with E-state index < -0.39 is 0 Å². The van der Waals surface area contributed by atoms with Crippen molar-refractivity contribution in [3.05, 3.63) is 39.3 Å². The first kappa shape index (κ1) is 17.5. The maximum absolute atomic E-state index is 4.72. The van der Waals surface area contributed by atoms with Crippen molar-refractivity contribution in [1.29, 1.82) is 0 Å². The molecule has 0 aliphatic heterocycles. The molecular weight excluding hydrogens is 306 g/mol. The summed E-state index contributed by atoms with van der Waals surface area (Å²) in [6.45, 7) is 10.8. The van der Waals surface area contributed by atoms with Crippen molar-refractivity contribution in [3.63, 3.8) is 0 Å². The first-order valence-corrected chi connectivity index (χ1v) is 8.95. The molecule has 0 amide bonds. The first-order chi connectivity index (χ1) is 11.0. The Morgan fingerprint density at radius 3 is 2.74 bits per heavy atom. The number of guanidine groups is 1. The van der Waals surface area contributed by atoms with Gasteiger partial charge in [-0.25, -0.2) is 4.99 Å². The van der Waals surface area contributed by atoms with Gasteiger partial charge in [0.2, 0.25) is 0 Å². The van der Waals surface area contributed by atoms with Gasteiger partial charge in [0.25, 0.3) is 0 Å². The van der Waals surface area contributed by atoms with E-state index in [0.29, 0.717) is 12.5 Å². The van der Waals surface area contributed by atoms with Gasteiger partial charge in [-0.1, -0.05) is 13.0 Å². The summed E-state index contributed by atoms with van der Waals surface area (Å²) in [7, 11) is 1.97. The molecule has 0 aromatic carbocycles. The zero-order chi connectivity index (χ0) is 16.8. The van der Waals surface area contributed by atoms with Gasteiger partial charge < -0.3 is 10.6 Å². The van der Waals surface area contributed by atoms with Crippen molar-refractivity contribution >= 4 is 17.3 Å². The highest BCUT2D eigenvalue weighted by Crippen LogP contribution is 2.19. The van der Waals surface area contributed by atoms with Crippen LogP contribution in [0.4, 0.5) is 0 Å². The summed E-state index contributed by atoms with van der Waals surface area (Å²) in [6.07, 6.45) is 0. The SMILES string of the molecule is CCNC(=NCc1c(C)nn(C)c1C)NCC(C)c1cccs1. The van der Waals surface area contributed by atoms with Crippen LogP contribution < -0.4 is 10.6 Å². The van der Waals surface area contributed by atoms with E-state index in [1.54, 1.807) is 11.3 Å². The van der Waals surface area contributed by atoms with Gasteiger partial charge in [-0.3, -0.25) is 4.68 Å². The predicted octanol–water partition coefficient (Wildman–Crippen LogP) is 2.96. The van der Waals surface area contributed by atoms with E-state index in [1.165, 1.54) is 16.1 Å². The van der Waals surface area contributed by atoms with Gasteiger partial charge in [0.05, 0.1) is 12.2 Å². The molecule has 126 valence electrons. The minimum Gasteiger partial charge on any atom is -0.357 e. The Balaban J connectivity index is 1.99. The highest BCUT2D eigenvalue weighted by atomic mass is 32.1. The highest BCUT2D eigenvalue weighted by molar-refractivity contribution is 7.10. The van der Waals surface area contributed by atoms with Crippen LogP contribution in [0.2, 0.25) is 0 Å². The Kier molecular flexibility index (Phi) is 6.21. The smallest absolute Gasteiger partial charge is 0.191 e. The van der Waals surface area contributed by atoms with Crippen molar-refractivity contribution in [2.45, 2.75) is 40.2 Å². The van der Waals surface area contributed by atoms with Crippen molar-refractivity contribution in [2.24, 2.45) is 12.0 Å². The second kappa shape index (κ2) is 8.15. The molecule has 0 spiro atoms. The average molecular weight is 334 g/mol. The molecule has 2 aromatic heterocycles. The molecule has 0 bridgehead atoms. The normalized spacial score (nSPS) is 13.2. The second-order valence-corrected chi connectivity index (χ2v) is 6.74. The number of nitrogens with one attached hydrogen (secondary N) is 2. The van der Waals surface area contributed by atoms with Gasteiger partial charge in [-0.2, -0.15) is 5.10 Å². The van der Waals surface area contributed by atoms with Gasteiger partial charge >= 0.3 is 0 Å². The van der Waals surface area contributed by atoms with Gasteiger partial charge in [0.1, 0.15) is 0 Å². The minimum absolute atomic E-state index is 0.473. The first-order valence-electron chi connectivity index (χ1n) is 8.07. The molecular formula is C17H27N5S. The number of aliphatic imine (C=N–C) groups is 1. The second-order valence-electron chi connectivity index (χ2n) is 5.77. The summed E-state index contributed by atoms with van der Waals surface area (Å²) in [5.41, 5.74) is 3.43. The molecule has 2 heterocycles. The molecule has 1 unspecified atom stereocenters. The molecule has 0 radical (unpaired) electrons. The lowest BCUT2D eigenvalue weighted by Gasteiger charge is -2.15. The lowest BCUT2D eigenvalue weighted by Crippen LogP contribution is -2.39. The average Bonchev–Trinajstić information content (AvgIpc) is 3.13. The summed E-state index contributed by atoms with van der Waals surface area (Å²) in [4.78, 5) is 6.11. The molecule has 0 saturated carbocycles. The highest BCUT2D eigenvalue weighted by Gasteiger charge is 2.10. The molecule has 6 heteroatoms. The summed E-state index contributed by atoms with van der Waals surface area (Å²) >= 11 is 1.80. The lowest BCUT2D eigenvalue weighted by atomic mass is 10.1.